The van der Waals surface area contributed by atoms with E-state index in [1.54, 1.807) is 31.2 Å². The van der Waals surface area contributed by atoms with Crippen molar-refractivity contribution in [3.63, 3.8) is 0 Å². The summed E-state index contributed by atoms with van der Waals surface area (Å²) in [5.74, 6) is 1.65. The van der Waals surface area contributed by atoms with Gasteiger partial charge in [-0.3, -0.25) is 0 Å². The lowest BCUT2D eigenvalue weighted by Gasteiger charge is -2.11. The fourth-order valence-corrected chi connectivity index (χ4v) is 2.79. The monoisotopic (exact) mass is 274 g/mol. The molecule has 0 aliphatic heterocycles. The van der Waals surface area contributed by atoms with E-state index >= 15 is 0 Å². The number of para-hydroxylation sites is 1. The second-order valence-electron chi connectivity index (χ2n) is 4.15. The second-order valence-corrected chi connectivity index (χ2v) is 5.72. The molecule has 4 heteroatoms. The first-order chi connectivity index (χ1) is 9.07. The average Bonchev–Trinajstić information content (AvgIpc) is 2.39. The van der Waals surface area contributed by atoms with Crippen molar-refractivity contribution in [2.24, 2.45) is 0 Å². The van der Waals surface area contributed by atoms with Crippen LogP contribution in [0.3, 0.4) is 0 Å². The van der Waals surface area contributed by atoms with Gasteiger partial charge in [-0.2, -0.15) is 0 Å². The lowest BCUT2D eigenvalue weighted by atomic mass is 10.1. The highest BCUT2D eigenvalue weighted by atomic mass is 31.2. The van der Waals surface area contributed by atoms with Gasteiger partial charge in [-0.15, -0.1) is 0 Å². The zero-order valence-electron chi connectivity index (χ0n) is 10.6. The van der Waals surface area contributed by atoms with Crippen molar-refractivity contribution < 1.29 is 14.0 Å². The van der Waals surface area contributed by atoms with Gasteiger partial charge in [-0.1, -0.05) is 48.5 Å². The van der Waals surface area contributed by atoms with Gasteiger partial charge in [-0.05, 0) is 30.2 Å². The van der Waals surface area contributed by atoms with Crippen LogP contribution in [0.2, 0.25) is 0 Å². The predicted octanol–water partition coefficient (Wildman–Crippen LogP) is 4.31. The van der Waals surface area contributed by atoms with E-state index in [0.29, 0.717) is 11.3 Å². The van der Waals surface area contributed by atoms with E-state index in [4.69, 9.17) is 4.52 Å². The first kappa shape index (κ1) is 13.6. The van der Waals surface area contributed by atoms with Crippen LogP contribution < -0.4 is 4.52 Å². The molecule has 0 fully saturated rings. The van der Waals surface area contributed by atoms with Gasteiger partial charge in [0, 0.05) is 5.82 Å². The molecular weight excluding hydrogens is 259 g/mol. The summed E-state index contributed by atoms with van der Waals surface area (Å²) >= 11 is 0. The molecule has 0 saturated heterocycles. The topological polar surface area (TPSA) is 46.5 Å². The molecule has 2 aromatic carbocycles. The van der Waals surface area contributed by atoms with Gasteiger partial charge in [0.15, 0.2) is 0 Å². The Hall–Kier alpha value is -1.83. The molecule has 19 heavy (non-hydrogen) atoms. The van der Waals surface area contributed by atoms with E-state index < -0.39 is 7.60 Å². The van der Waals surface area contributed by atoms with Gasteiger partial charge in [-0.25, -0.2) is 4.57 Å². The Morgan fingerprint density at radius 1 is 1.05 bits per heavy atom. The van der Waals surface area contributed by atoms with Crippen molar-refractivity contribution >= 4 is 13.2 Å². The molecule has 0 aliphatic rings. The van der Waals surface area contributed by atoms with Crippen LogP contribution >= 0.6 is 7.60 Å². The van der Waals surface area contributed by atoms with Gasteiger partial charge in [0.05, 0.1) is 0 Å². The molecule has 1 atom stereocenters. The van der Waals surface area contributed by atoms with Crippen LogP contribution in [0.25, 0.3) is 5.57 Å². The summed E-state index contributed by atoms with van der Waals surface area (Å²) in [6.07, 6.45) is 0. The Morgan fingerprint density at radius 3 is 2.16 bits per heavy atom. The van der Waals surface area contributed by atoms with Crippen molar-refractivity contribution in [3.05, 3.63) is 72.0 Å². The highest BCUT2D eigenvalue weighted by molar-refractivity contribution is 7.56. The molecule has 2 aromatic rings. The molecule has 0 heterocycles. The third-order valence-electron chi connectivity index (χ3n) is 2.57. The lowest BCUT2D eigenvalue weighted by molar-refractivity contribution is 0.392. The smallest absolute Gasteiger partial charge is 0.401 e. The van der Waals surface area contributed by atoms with Crippen molar-refractivity contribution in [3.8, 4) is 5.75 Å². The Kier molecular flexibility index (Phi) is 4.20. The maximum Gasteiger partial charge on any atom is 0.401 e. The molecule has 1 N–H and O–H groups in total. The van der Waals surface area contributed by atoms with Crippen LogP contribution in [-0.2, 0) is 4.57 Å². The minimum atomic E-state index is -3.80. The number of allylic oxidation sites excluding steroid dienone is 1. The molecule has 3 nitrogen and oxygen atoms in total. The Balaban J connectivity index is 2.19. The summed E-state index contributed by atoms with van der Waals surface area (Å²) in [4.78, 5) is 9.86. The molecule has 0 aromatic heterocycles. The fraction of sp³-hybridized carbons (Fsp3) is 0.0667. The van der Waals surface area contributed by atoms with Gasteiger partial charge in [0.1, 0.15) is 5.75 Å². The van der Waals surface area contributed by atoms with E-state index in [1.165, 1.54) is 5.82 Å². The van der Waals surface area contributed by atoms with Gasteiger partial charge >= 0.3 is 7.60 Å². The molecule has 0 radical (unpaired) electrons. The summed E-state index contributed by atoms with van der Waals surface area (Å²) < 4.78 is 17.2. The number of rotatable bonds is 4. The highest BCUT2D eigenvalue weighted by Crippen LogP contribution is 2.46. The summed E-state index contributed by atoms with van der Waals surface area (Å²) in [7, 11) is -3.80. The predicted molar refractivity (Wildman–Crippen MR) is 77.0 cm³/mol. The third kappa shape index (κ3) is 4.09. The van der Waals surface area contributed by atoms with E-state index in [-0.39, 0.29) is 0 Å². The number of hydrogen-bond donors (Lipinski definition) is 1. The van der Waals surface area contributed by atoms with Crippen molar-refractivity contribution in [1.29, 1.82) is 0 Å². The van der Waals surface area contributed by atoms with Crippen LogP contribution in [0.5, 0.6) is 5.75 Å². The van der Waals surface area contributed by atoms with Crippen molar-refractivity contribution in [1.82, 2.24) is 0 Å². The molecule has 1 unspecified atom stereocenters. The normalized spacial score (nSPS) is 14.7. The number of benzene rings is 2. The van der Waals surface area contributed by atoms with Crippen LogP contribution in [0.15, 0.2) is 66.5 Å². The molecule has 0 aliphatic carbocycles. The molecule has 0 spiro atoms. The molecule has 98 valence electrons. The maximum absolute atomic E-state index is 12.0. The minimum Gasteiger partial charge on any atom is -0.422 e. The van der Waals surface area contributed by atoms with Gasteiger partial charge < -0.3 is 9.42 Å². The van der Waals surface area contributed by atoms with Gasteiger partial charge in [0.25, 0.3) is 0 Å². The SMILES string of the molecule is C/C(=C\P(=O)(O)Oc1ccccc1)c1ccccc1. The average molecular weight is 274 g/mol. The van der Waals surface area contributed by atoms with E-state index in [9.17, 15) is 9.46 Å². The maximum atomic E-state index is 12.0. The van der Waals surface area contributed by atoms with Crippen LogP contribution in [0, 0.1) is 0 Å². The molecular formula is C15H15O3P. The Labute approximate surface area is 112 Å². The number of hydrogen-bond acceptors (Lipinski definition) is 2. The van der Waals surface area contributed by atoms with Crippen molar-refractivity contribution in [2.45, 2.75) is 6.92 Å². The zero-order valence-corrected chi connectivity index (χ0v) is 11.5. The summed E-state index contributed by atoms with van der Waals surface area (Å²) in [6, 6.07) is 18.0. The third-order valence-corrected chi connectivity index (χ3v) is 3.75. The zero-order chi connectivity index (χ0) is 13.7. The summed E-state index contributed by atoms with van der Waals surface area (Å²) in [6.45, 7) is 1.78. The summed E-state index contributed by atoms with van der Waals surface area (Å²) in [5, 5.41) is 0. The lowest BCUT2D eigenvalue weighted by Crippen LogP contribution is -1.90. The molecule has 0 amide bonds. The summed E-state index contributed by atoms with van der Waals surface area (Å²) in [5.41, 5.74) is 1.61. The van der Waals surface area contributed by atoms with E-state index in [0.717, 1.165) is 5.56 Å². The largest absolute Gasteiger partial charge is 0.422 e. The first-order valence-electron chi connectivity index (χ1n) is 5.89. The highest BCUT2D eigenvalue weighted by Gasteiger charge is 2.18. The molecule has 0 saturated carbocycles. The van der Waals surface area contributed by atoms with Gasteiger partial charge in [0.2, 0.25) is 0 Å². The van der Waals surface area contributed by atoms with E-state index in [1.807, 2.05) is 36.4 Å². The Morgan fingerprint density at radius 2 is 1.58 bits per heavy atom. The first-order valence-corrected chi connectivity index (χ1v) is 7.53. The standard InChI is InChI=1S/C15H15O3P/c1-13(14-8-4-2-5-9-14)12-19(16,17)18-15-10-6-3-7-11-15/h2-12H,1H3,(H,16,17)/b13-12+. The van der Waals surface area contributed by atoms with Crippen LogP contribution in [-0.4, -0.2) is 4.89 Å². The minimum absolute atomic E-state index is 0.380. The quantitative estimate of drug-likeness (QED) is 0.845. The van der Waals surface area contributed by atoms with Crippen LogP contribution in [0.1, 0.15) is 12.5 Å². The van der Waals surface area contributed by atoms with Crippen LogP contribution in [0.4, 0.5) is 0 Å². The van der Waals surface area contributed by atoms with Crippen molar-refractivity contribution in [2.75, 3.05) is 0 Å². The Bertz CT molecular complexity index is 606. The van der Waals surface area contributed by atoms with E-state index in [2.05, 4.69) is 0 Å². The molecule has 2 rings (SSSR count). The second kappa shape index (κ2) is 5.87. The fourth-order valence-electron chi connectivity index (χ4n) is 1.68. The molecule has 0 bridgehead atoms.